The lowest BCUT2D eigenvalue weighted by Gasteiger charge is -2.63. The lowest BCUT2D eigenvalue weighted by molar-refractivity contribution is -0.252. The van der Waals surface area contributed by atoms with Crippen molar-refractivity contribution in [2.45, 2.75) is 96.8 Å². The van der Waals surface area contributed by atoms with E-state index in [1.54, 1.807) is 6.92 Å². The first-order valence-corrected chi connectivity index (χ1v) is 11.8. The van der Waals surface area contributed by atoms with E-state index in [2.05, 4.69) is 0 Å². The Kier molecular flexibility index (Phi) is 5.30. The van der Waals surface area contributed by atoms with Crippen molar-refractivity contribution in [3.63, 3.8) is 0 Å². The van der Waals surface area contributed by atoms with E-state index < -0.39 is 28.6 Å². The van der Waals surface area contributed by atoms with Gasteiger partial charge >= 0.3 is 5.97 Å². The lowest BCUT2D eigenvalue weighted by atomic mass is 9.43. The maximum atomic E-state index is 15.9. The topological polar surface area (TPSA) is 37.3 Å². The SMILES string of the molecule is C[C@H](CCC(=O)O)C1CC[C@H]2[C@@H]3CC[C@@H]4CC(F)(F)CCC4(C)[C@H]3CC(F)(F)[C@]12C. The van der Waals surface area contributed by atoms with E-state index in [0.29, 0.717) is 12.8 Å². The summed E-state index contributed by atoms with van der Waals surface area (Å²) in [4.78, 5) is 11.0. The highest BCUT2D eigenvalue weighted by Crippen LogP contribution is 2.72. The molecule has 2 unspecified atom stereocenters. The average molecular weight is 433 g/mol. The maximum absolute atomic E-state index is 15.9. The molecule has 0 aliphatic heterocycles. The molecule has 0 amide bonds. The standard InChI is InChI=1S/C24H36F4O2/c1-14(4-9-20(29)30)17-7-8-18-16-6-5-15-12-23(25,26)11-10-21(15,2)19(16)13-24(27,28)22(17,18)3/h14-19H,4-13H2,1-3H3,(H,29,30)/t14-,15-,16+,17?,18+,19+,21?,22-/m1/s1. The van der Waals surface area contributed by atoms with Crippen molar-refractivity contribution >= 4 is 5.97 Å². The second kappa shape index (κ2) is 7.10. The summed E-state index contributed by atoms with van der Waals surface area (Å²) in [5.41, 5.74) is -1.53. The van der Waals surface area contributed by atoms with Crippen LogP contribution in [-0.2, 0) is 4.79 Å². The lowest BCUT2D eigenvalue weighted by Crippen LogP contribution is -2.61. The minimum atomic E-state index is -2.84. The Labute approximate surface area is 177 Å². The second-order valence-corrected chi connectivity index (χ2v) is 11.5. The van der Waals surface area contributed by atoms with Crippen LogP contribution in [0.4, 0.5) is 17.6 Å². The molecule has 30 heavy (non-hydrogen) atoms. The summed E-state index contributed by atoms with van der Waals surface area (Å²) in [5, 5.41) is 9.03. The van der Waals surface area contributed by atoms with Gasteiger partial charge < -0.3 is 5.11 Å². The number of carboxylic acid groups (broad SMARTS) is 1. The van der Waals surface area contributed by atoms with Crippen LogP contribution >= 0.6 is 0 Å². The summed E-state index contributed by atoms with van der Waals surface area (Å²) in [6.45, 7) is 5.71. The molecule has 4 fully saturated rings. The molecular formula is C24H36F4O2. The van der Waals surface area contributed by atoms with E-state index in [-0.39, 0.29) is 61.2 Å². The Bertz CT molecular complexity index is 695. The van der Waals surface area contributed by atoms with Gasteiger partial charge in [-0.15, -0.1) is 0 Å². The normalized spacial score (nSPS) is 47.6. The molecule has 1 N–H and O–H groups in total. The fourth-order valence-electron chi connectivity index (χ4n) is 8.58. The van der Waals surface area contributed by atoms with Crippen molar-refractivity contribution in [1.29, 1.82) is 0 Å². The predicted molar refractivity (Wildman–Crippen MR) is 107 cm³/mol. The number of alkyl halides is 4. The molecule has 0 bridgehead atoms. The molecule has 6 heteroatoms. The number of rotatable bonds is 4. The first-order valence-electron chi connectivity index (χ1n) is 11.8. The average Bonchev–Trinajstić information content (AvgIpc) is 3.00. The van der Waals surface area contributed by atoms with Gasteiger partial charge in [0.25, 0.3) is 5.92 Å². The van der Waals surface area contributed by atoms with Crippen molar-refractivity contribution in [2.75, 3.05) is 0 Å². The molecule has 0 aromatic carbocycles. The second-order valence-electron chi connectivity index (χ2n) is 11.5. The van der Waals surface area contributed by atoms with Gasteiger partial charge in [-0.05, 0) is 79.4 Å². The molecule has 4 aliphatic rings. The number of halogens is 4. The molecule has 0 aromatic heterocycles. The minimum absolute atomic E-state index is 0.0179. The summed E-state index contributed by atoms with van der Waals surface area (Å²) in [5.74, 6) is -6.87. The Morgan fingerprint density at radius 2 is 1.70 bits per heavy atom. The highest BCUT2D eigenvalue weighted by molar-refractivity contribution is 5.66. The van der Waals surface area contributed by atoms with Crippen molar-refractivity contribution in [3.05, 3.63) is 0 Å². The van der Waals surface area contributed by atoms with Crippen LogP contribution in [0.2, 0.25) is 0 Å². The van der Waals surface area contributed by atoms with Crippen LogP contribution < -0.4 is 0 Å². The molecule has 0 heterocycles. The number of aliphatic carboxylic acids is 1. The van der Waals surface area contributed by atoms with Gasteiger partial charge in [0, 0.05) is 31.1 Å². The van der Waals surface area contributed by atoms with Crippen LogP contribution in [0.3, 0.4) is 0 Å². The van der Waals surface area contributed by atoms with Gasteiger partial charge in [0.15, 0.2) is 0 Å². The third kappa shape index (κ3) is 3.21. The fraction of sp³-hybridized carbons (Fsp3) is 0.958. The Hall–Kier alpha value is -0.810. The van der Waals surface area contributed by atoms with Gasteiger partial charge in [0.1, 0.15) is 0 Å². The summed E-state index contributed by atoms with van der Waals surface area (Å²) in [7, 11) is 0. The Balaban J connectivity index is 1.62. The van der Waals surface area contributed by atoms with E-state index in [4.69, 9.17) is 5.11 Å². The number of hydrogen-bond donors (Lipinski definition) is 1. The zero-order valence-electron chi connectivity index (χ0n) is 18.4. The summed E-state index contributed by atoms with van der Waals surface area (Å²) >= 11 is 0. The van der Waals surface area contributed by atoms with Crippen LogP contribution in [0.25, 0.3) is 0 Å². The number of hydrogen-bond acceptors (Lipinski definition) is 1. The van der Waals surface area contributed by atoms with Crippen molar-refractivity contribution in [1.82, 2.24) is 0 Å². The van der Waals surface area contributed by atoms with Gasteiger partial charge in [-0.1, -0.05) is 20.8 Å². The summed E-state index contributed by atoms with van der Waals surface area (Å²) in [6.07, 6.45) is 3.28. The highest BCUT2D eigenvalue weighted by Gasteiger charge is 2.71. The zero-order valence-corrected chi connectivity index (χ0v) is 18.4. The van der Waals surface area contributed by atoms with Crippen LogP contribution in [0.15, 0.2) is 0 Å². The first-order chi connectivity index (χ1) is 13.8. The quantitative estimate of drug-likeness (QED) is 0.484. The van der Waals surface area contributed by atoms with Crippen LogP contribution in [-0.4, -0.2) is 22.9 Å². The Morgan fingerprint density at radius 3 is 2.37 bits per heavy atom. The third-order valence-electron chi connectivity index (χ3n) is 10.3. The van der Waals surface area contributed by atoms with Gasteiger partial charge in [0.2, 0.25) is 5.92 Å². The van der Waals surface area contributed by atoms with Crippen LogP contribution in [0, 0.1) is 46.3 Å². The van der Waals surface area contributed by atoms with E-state index in [1.807, 2.05) is 13.8 Å². The van der Waals surface area contributed by atoms with E-state index in [0.717, 1.165) is 25.7 Å². The number of fused-ring (bicyclic) bond motifs is 5. The highest BCUT2D eigenvalue weighted by atomic mass is 19.3. The summed E-state index contributed by atoms with van der Waals surface area (Å²) < 4.78 is 60.0. The minimum Gasteiger partial charge on any atom is -0.481 e. The molecule has 172 valence electrons. The number of carbonyl (C=O) groups is 1. The van der Waals surface area contributed by atoms with Crippen molar-refractivity contribution in [3.8, 4) is 0 Å². The largest absolute Gasteiger partial charge is 0.481 e. The Morgan fingerprint density at radius 1 is 1.00 bits per heavy atom. The van der Waals surface area contributed by atoms with Crippen molar-refractivity contribution < 1.29 is 27.5 Å². The molecule has 2 nitrogen and oxygen atoms in total. The molecule has 4 saturated carbocycles. The first kappa shape index (κ1) is 22.4. The van der Waals surface area contributed by atoms with Gasteiger partial charge in [-0.25, -0.2) is 17.6 Å². The molecule has 0 aromatic rings. The van der Waals surface area contributed by atoms with Gasteiger partial charge in [-0.2, -0.15) is 0 Å². The third-order valence-corrected chi connectivity index (χ3v) is 10.3. The molecule has 0 spiro atoms. The molecular weight excluding hydrogens is 396 g/mol. The number of carboxylic acids is 1. The molecule has 0 saturated heterocycles. The van der Waals surface area contributed by atoms with Crippen LogP contribution in [0.1, 0.15) is 85.0 Å². The van der Waals surface area contributed by atoms with Crippen molar-refractivity contribution in [2.24, 2.45) is 46.3 Å². The zero-order chi connectivity index (χ0) is 22.1. The molecule has 4 aliphatic carbocycles. The molecule has 8 atom stereocenters. The predicted octanol–water partition coefficient (Wildman–Crippen LogP) is 7.03. The van der Waals surface area contributed by atoms with Gasteiger partial charge in [0.05, 0.1) is 0 Å². The van der Waals surface area contributed by atoms with Crippen LogP contribution in [0.5, 0.6) is 0 Å². The monoisotopic (exact) mass is 432 g/mol. The maximum Gasteiger partial charge on any atom is 0.303 e. The smallest absolute Gasteiger partial charge is 0.303 e. The molecule has 0 radical (unpaired) electrons. The molecule has 4 rings (SSSR count). The van der Waals surface area contributed by atoms with E-state index >= 15 is 8.78 Å². The van der Waals surface area contributed by atoms with E-state index in [1.165, 1.54) is 0 Å². The van der Waals surface area contributed by atoms with Gasteiger partial charge in [-0.3, -0.25) is 4.79 Å². The summed E-state index contributed by atoms with van der Waals surface area (Å²) in [6, 6.07) is 0. The van der Waals surface area contributed by atoms with E-state index in [9.17, 15) is 13.6 Å². The fourth-order valence-corrected chi connectivity index (χ4v) is 8.58.